The van der Waals surface area contributed by atoms with Gasteiger partial charge in [-0.15, -0.1) is 0 Å². The van der Waals surface area contributed by atoms with Crippen LogP contribution in [0, 0.1) is 23.7 Å². The molecule has 0 saturated heterocycles. The van der Waals surface area contributed by atoms with Gasteiger partial charge in [0, 0.05) is 25.0 Å². The third-order valence-electron chi connectivity index (χ3n) is 8.21. The highest BCUT2D eigenvalue weighted by atomic mass is 32.2. The minimum Gasteiger partial charge on any atom is -0.506 e. The number of rotatable bonds is 14. The van der Waals surface area contributed by atoms with Crippen molar-refractivity contribution in [2.24, 2.45) is 23.7 Å². The second-order valence-corrected chi connectivity index (χ2v) is 16.5. The summed E-state index contributed by atoms with van der Waals surface area (Å²) in [4.78, 5) is 19.2. The van der Waals surface area contributed by atoms with Gasteiger partial charge in [0.05, 0.1) is 11.1 Å². The van der Waals surface area contributed by atoms with E-state index in [0.717, 1.165) is 73.6 Å². The molecule has 0 aromatic carbocycles. The van der Waals surface area contributed by atoms with Crippen molar-refractivity contribution >= 4 is 34.5 Å². The van der Waals surface area contributed by atoms with Gasteiger partial charge in [-0.3, -0.25) is 4.79 Å². The van der Waals surface area contributed by atoms with Crippen molar-refractivity contribution in [1.29, 1.82) is 0 Å². The van der Waals surface area contributed by atoms with Crippen molar-refractivity contribution in [3.63, 3.8) is 0 Å². The summed E-state index contributed by atoms with van der Waals surface area (Å²) in [6.45, 7) is 22.2. The van der Waals surface area contributed by atoms with Crippen LogP contribution in [0.2, 0.25) is 0 Å². The first-order valence-electron chi connectivity index (χ1n) is 16.2. The summed E-state index contributed by atoms with van der Waals surface area (Å²) in [6.07, 6.45) is 13.3. The number of ketones is 1. The van der Waals surface area contributed by atoms with Gasteiger partial charge < -0.3 is 5.11 Å². The summed E-state index contributed by atoms with van der Waals surface area (Å²) in [5, 5.41) is 11.4. The molecular weight excluding hydrogens is 553 g/mol. The molecule has 2 heterocycles. The summed E-state index contributed by atoms with van der Waals surface area (Å²) in [5.41, 5.74) is 4.92. The summed E-state index contributed by atoms with van der Waals surface area (Å²) >= 11 is 3.82. The Morgan fingerprint density at radius 2 is 1.14 bits per heavy atom. The molecule has 0 unspecified atom stereocenters. The van der Waals surface area contributed by atoms with Gasteiger partial charge in [0.2, 0.25) is 26.9 Å². The van der Waals surface area contributed by atoms with E-state index in [9.17, 15) is 9.90 Å². The molecule has 4 heteroatoms. The molecule has 0 amide bonds. The Kier molecular flexibility index (Phi) is 12.9. The first-order valence-corrected chi connectivity index (χ1v) is 17.9. The van der Waals surface area contributed by atoms with Crippen LogP contribution in [0.5, 0.6) is 0 Å². The molecule has 0 spiro atoms. The van der Waals surface area contributed by atoms with Gasteiger partial charge in [0.1, 0.15) is 5.76 Å². The van der Waals surface area contributed by atoms with Crippen molar-refractivity contribution in [3.05, 3.63) is 77.5 Å². The minimum atomic E-state index is -0.0255. The Hall–Kier alpha value is -1.91. The van der Waals surface area contributed by atoms with Gasteiger partial charge in [0.25, 0.3) is 0 Å². The molecule has 1 aromatic rings. The number of hydrogen-bond donors (Lipinski definition) is 1. The number of Topliss-reactive ketones (excluding diaryl/α,β-unsaturated/α-hetero) is 1. The normalized spacial score (nSPS) is 17.0. The number of aliphatic hydroxyl groups is 1. The fourth-order valence-electron chi connectivity index (χ4n) is 5.27. The van der Waals surface area contributed by atoms with E-state index < -0.39 is 0 Å². The Morgan fingerprint density at radius 3 is 1.55 bits per heavy atom. The Balaban J connectivity index is 2.01. The fraction of sp³-hybridized carbons (Fsp3) is 0.579. The van der Waals surface area contributed by atoms with Crippen LogP contribution in [0.25, 0.3) is 5.57 Å². The second kappa shape index (κ2) is 15.7. The standard InChI is InChI=1S/C38H54O2S2/c1-23(2)11-15-31-19-29(20-32(41-31)16-12-24(3)4)27(9)35-37(39)36(38(35)40)28(10)30-21-33(17-13-25(5)6)42-34(22-30)18-14-26(7)8/h19-26H,11-18H2,1-10H3/p+1. The molecule has 1 aliphatic carbocycles. The quantitative estimate of drug-likeness (QED) is 0.169. The number of carbonyl (C=O) groups excluding carboxylic acids is 1. The Morgan fingerprint density at radius 1 is 0.714 bits per heavy atom. The van der Waals surface area contributed by atoms with Crippen LogP contribution in [0.4, 0.5) is 0 Å². The molecule has 3 rings (SSSR count). The van der Waals surface area contributed by atoms with E-state index in [4.69, 9.17) is 0 Å². The van der Waals surface area contributed by atoms with Crippen LogP contribution in [0.1, 0.15) is 123 Å². The largest absolute Gasteiger partial charge is 0.506 e. The summed E-state index contributed by atoms with van der Waals surface area (Å²) in [5.74, 6) is 2.73. The van der Waals surface area contributed by atoms with E-state index in [1.54, 1.807) is 0 Å². The lowest BCUT2D eigenvalue weighted by molar-refractivity contribution is -0.113. The van der Waals surface area contributed by atoms with Crippen LogP contribution in [-0.2, 0) is 17.6 Å². The Labute approximate surface area is 265 Å². The van der Waals surface area contributed by atoms with Crippen LogP contribution in [0.15, 0.2) is 62.1 Å². The van der Waals surface area contributed by atoms with E-state index in [2.05, 4.69) is 79.7 Å². The zero-order valence-electron chi connectivity index (χ0n) is 27.9. The molecule has 1 aromatic heterocycles. The molecule has 0 radical (unpaired) electrons. The molecular formula is C38H55O2S2+. The van der Waals surface area contributed by atoms with Crippen LogP contribution in [0.3, 0.4) is 0 Å². The van der Waals surface area contributed by atoms with Gasteiger partial charge in [-0.2, -0.15) is 0 Å². The number of thioether (sulfide) groups is 1. The maximum Gasteiger partial charge on any atom is 0.218 e. The average molecular weight is 608 g/mol. The molecule has 1 aliphatic heterocycles. The van der Waals surface area contributed by atoms with Gasteiger partial charge >= 0.3 is 0 Å². The average Bonchev–Trinajstić information content (AvgIpc) is 2.92. The van der Waals surface area contributed by atoms with E-state index in [1.807, 2.05) is 36.9 Å². The monoisotopic (exact) mass is 607 g/mol. The number of allylic oxidation sites excluding steroid dienone is 9. The maximum atomic E-state index is 13.7. The molecule has 0 bridgehead atoms. The lowest BCUT2D eigenvalue weighted by Crippen LogP contribution is -2.25. The second-order valence-electron chi connectivity index (χ2n) is 14.0. The lowest BCUT2D eigenvalue weighted by atomic mass is 9.78. The molecule has 0 saturated carbocycles. The van der Waals surface area contributed by atoms with Crippen molar-refractivity contribution in [2.45, 2.75) is 121 Å². The summed E-state index contributed by atoms with van der Waals surface area (Å²) in [7, 11) is 0. The summed E-state index contributed by atoms with van der Waals surface area (Å²) in [6, 6.07) is 4.51. The van der Waals surface area contributed by atoms with Crippen molar-refractivity contribution in [3.8, 4) is 0 Å². The maximum absolute atomic E-state index is 13.7. The number of hydrogen-bond acceptors (Lipinski definition) is 3. The zero-order chi connectivity index (χ0) is 31.1. The van der Waals surface area contributed by atoms with Crippen molar-refractivity contribution < 1.29 is 9.90 Å². The highest BCUT2D eigenvalue weighted by Crippen LogP contribution is 2.44. The highest BCUT2D eigenvalue weighted by molar-refractivity contribution is 8.06. The molecule has 230 valence electrons. The molecule has 2 aliphatic rings. The van der Waals surface area contributed by atoms with Gasteiger partial charge in [-0.25, -0.2) is 0 Å². The first kappa shape index (κ1) is 34.6. The molecule has 2 nitrogen and oxygen atoms in total. The van der Waals surface area contributed by atoms with E-state index in [1.165, 1.54) is 19.6 Å². The van der Waals surface area contributed by atoms with Crippen LogP contribution in [-0.4, -0.2) is 10.9 Å². The van der Waals surface area contributed by atoms with Crippen LogP contribution >= 0.6 is 23.1 Å². The highest BCUT2D eigenvalue weighted by Gasteiger charge is 2.37. The van der Waals surface area contributed by atoms with Crippen molar-refractivity contribution in [2.75, 3.05) is 0 Å². The Bertz CT molecular complexity index is 1240. The smallest absolute Gasteiger partial charge is 0.218 e. The number of carbonyl (C=O) groups is 1. The SMILES string of the molecule is CC(=C1C=C(CCC(C)C)SC(CCC(C)C)=C1)C1=C(O)/C(=C(\C)c2cc(CCC(C)C)[s+]c(CCC(C)C)c2)C1=O. The zero-order valence-corrected chi connectivity index (χ0v) is 29.6. The number of aliphatic hydroxyl groups excluding tert-OH is 1. The fourth-order valence-corrected chi connectivity index (χ4v) is 7.57. The summed E-state index contributed by atoms with van der Waals surface area (Å²) < 4.78 is 0. The van der Waals surface area contributed by atoms with E-state index in [0.29, 0.717) is 34.8 Å². The third-order valence-corrected chi connectivity index (χ3v) is 10.5. The number of aryl methyl sites for hydroxylation is 2. The van der Waals surface area contributed by atoms with Gasteiger partial charge in [-0.1, -0.05) is 67.2 Å². The van der Waals surface area contributed by atoms with Crippen LogP contribution < -0.4 is 0 Å². The van der Waals surface area contributed by atoms with Gasteiger partial charge in [-0.05, 0) is 120 Å². The third kappa shape index (κ3) is 9.55. The topological polar surface area (TPSA) is 37.3 Å². The first-order chi connectivity index (χ1) is 19.8. The van der Waals surface area contributed by atoms with E-state index in [-0.39, 0.29) is 11.5 Å². The lowest BCUT2D eigenvalue weighted by Gasteiger charge is -2.26. The van der Waals surface area contributed by atoms with E-state index >= 15 is 0 Å². The molecule has 0 fully saturated rings. The molecule has 0 atom stereocenters. The van der Waals surface area contributed by atoms with Gasteiger partial charge in [0.15, 0.2) is 0 Å². The van der Waals surface area contributed by atoms with Crippen molar-refractivity contribution in [1.82, 2.24) is 0 Å². The molecule has 42 heavy (non-hydrogen) atoms. The predicted octanol–water partition coefficient (Wildman–Crippen LogP) is 12.1. The predicted molar refractivity (Wildman–Crippen MR) is 187 cm³/mol. The molecule has 1 N–H and O–H groups in total. The minimum absolute atomic E-state index is 0.0255.